The number of sulfonamides is 1. The maximum absolute atomic E-state index is 12.0. The predicted molar refractivity (Wildman–Crippen MR) is 77.7 cm³/mol. The van der Waals surface area contributed by atoms with Gasteiger partial charge >= 0.3 is 0 Å². The van der Waals surface area contributed by atoms with E-state index in [2.05, 4.69) is 26.0 Å². The molecule has 0 atom stereocenters. The number of carbonyl (C=O) groups excluding carboxylic acids is 1. The van der Waals surface area contributed by atoms with E-state index < -0.39 is 10.0 Å². The van der Waals surface area contributed by atoms with Crippen LogP contribution in [0.4, 0.5) is 0 Å². The number of nitrogens with one attached hydrogen (secondary N) is 2. The van der Waals surface area contributed by atoms with Gasteiger partial charge in [-0.3, -0.25) is 4.79 Å². The Morgan fingerprint density at radius 2 is 2.16 bits per heavy atom. The highest BCUT2D eigenvalue weighted by atomic mass is 79.9. The van der Waals surface area contributed by atoms with Crippen LogP contribution in [0.1, 0.15) is 17.7 Å². The zero-order valence-corrected chi connectivity index (χ0v) is 13.6. The van der Waals surface area contributed by atoms with Crippen LogP contribution in [-0.2, 0) is 14.8 Å². The quantitative estimate of drug-likeness (QED) is 0.751. The first-order valence-electron chi connectivity index (χ1n) is 5.93. The number of rotatable bonds is 6. The number of halogens is 1. The third-order valence-electron chi connectivity index (χ3n) is 2.80. The first-order valence-corrected chi connectivity index (χ1v) is 9.03. The van der Waals surface area contributed by atoms with Crippen molar-refractivity contribution in [2.45, 2.75) is 24.7 Å². The number of aryl methyl sites for hydroxylation is 1. The minimum Gasteiger partial charge on any atom is -0.355 e. The molecular formula is C11H15BrN2O3S2. The van der Waals surface area contributed by atoms with Crippen molar-refractivity contribution in [3.63, 3.8) is 0 Å². The fraction of sp³-hybridized carbons (Fsp3) is 0.545. The van der Waals surface area contributed by atoms with Crippen molar-refractivity contribution in [3.8, 4) is 0 Å². The molecule has 1 aromatic heterocycles. The normalized spacial score (nSPS) is 15.5. The smallest absolute Gasteiger partial charge is 0.241 e. The molecule has 0 aromatic carbocycles. The summed E-state index contributed by atoms with van der Waals surface area (Å²) in [6.45, 7) is 2.28. The van der Waals surface area contributed by atoms with E-state index in [1.807, 2.05) is 0 Å². The molecule has 1 amide bonds. The number of amides is 1. The summed E-state index contributed by atoms with van der Waals surface area (Å²) >= 11 is 4.65. The average molecular weight is 367 g/mol. The summed E-state index contributed by atoms with van der Waals surface area (Å²) in [5.74, 6) is 0.167. The Balaban J connectivity index is 1.84. The Bertz CT molecular complexity index is 579. The molecule has 0 radical (unpaired) electrons. The minimum atomic E-state index is -3.49. The van der Waals surface area contributed by atoms with Gasteiger partial charge in [-0.1, -0.05) is 0 Å². The molecule has 0 aliphatic heterocycles. The van der Waals surface area contributed by atoms with Crippen molar-refractivity contribution >= 4 is 43.2 Å². The molecule has 1 saturated carbocycles. The van der Waals surface area contributed by atoms with Crippen LogP contribution in [0.5, 0.6) is 0 Å². The summed E-state index contributed by atoms with van der Waals surface area (Å²) in [5.41, 5.74) is 0. The van der Waals surface area contributed by atoms with Crippen molar-refractivity contribution in [2.24, 2.45) is 5.92 Å². The number of hydrogen-bond donors (Lipinski definition) is 2. The van der Waals surface area contributed by atoms with Gasteiger partial charge in [-0.2, -0.15) is 0 Å². The molecular weight excluding hydrogens is 352 g/mol. The summed E-state index contributed by atoms with van der Waals surface area (Å²) < 4.78 is 27.3. The summed E-state index contributed by atoms with van der Waals surface area (Å²) in [4.78, 5) is 12.4. The van der Waals surface area contributed by atoms with E-state index in [0.29, 0.717) is 6.54 Å². The average Bonchev–Trinajstić information content (AvgIpc) is 3.10. The van der Waals surface area contributed by atoms with E-state index in [4.69, 9.17) is 0 Å². The van der Waals surface area contributed by atoms with E-state index in [-0.39, 0.29) is 23.3 Å². The zero-order valence-electron chi connectivity index (χ0n) is 10.4. The summed E-state index contributed by atoms with van der Waals surface area (Å²) in [7, 11) is -3.49. The highest BCUT2D eigenvalue weighted by Crippen LogP contribution is 2.29. The van der Waals surface area contributed by atoms with Crippen LogP contribution in [0.3, 0.4) is 0 Å². The first kappa shape index (κ1) is 15.0. The number of thiophene rings is 1. The van der Waals surface area contributed by atoms with Crippen LogP contribution in [-0.4, -0.2) is 27.4 Å². The topological polar surface area (TPSA) is 75.3 Å². The molecule has 2 N–H and O–H groups in total. The lowest BCUT2D eigenvalue weighted by molar-refractivity contribution is -0.122. The predicted octanol–water partition coefficient (Wildman–Crippen LogP) is 1.62. The van der Waals surface area contributed by atoms with Crippen LogP contribution in [0, 0.1) is 12.8 Å². The standard InChI is InChI=1S/C11H15BrN2O3S2/c1-7-9(6-10(12)18-7)19(16,17)14-5-4-13-11(15)8-2-3-8/h6,8,14H,2-5H2,1H3,(H,13,15). The van der Waals surface area contributed by atoms with Gasteiger partial charge in [0, 0.05) is 23.9 Å². The van der Waals surface area contributed by atoms with Gasteiger partial charge in [0.25, 0.3) is 0 Å². The Morgan fingerprint density at radius 3 is 2.68 bits per heavy atom. The molecule has 106 valence electrons. The minimum absolute atomic E-state index is 0.0219. The molecule has 0 spiro atoms. The highest BCUT2D eigenvalue weighted by Gasteiger charge is 2.29. The molecule has 0 saturated heterocycles. The number of hydrogen-bond acceptors (Lipinski definition) is 4. The third-order valence-corrected chi connectivity index (χ3v) is 6.07. The van der Waals surface area contributed by atoms with Gasteiger partial charge in [-0.15, -0.1) is 11.3 Å². The SMILES string of the molecule is Cc1sc(Br)cc1S(=O)(=O)NCCNC(=O)C1CC1. The van der Waals surface area contributed by atoms with Crippen molar-refractivity contribution < 1.29 is 13.2 Å². The van der Waals surface area contributed by atoms with Gasteiger partial charge in [0.1, 0.15) is 0 Å². The van der Waals surface area contributed by atoms with Crippen LogP contribution in [0.15, 0.2) is 14.7 Å². The molecule has 0 unspecified atom stereocenters. The summed E-state index contributed by atoms with van der Waals surface area (Å²) in [6, 6.07) is 1.59. The van der Waals surface area contributed by atoms with Crippen LogP contribution in [0.2, 0.25) is 0 Å². The Kier molecular flexibility index (Phi) is 4.65. The van der Waals surface area contributed by atoms with Gasteiger partial charge in [0.2, 0.25) is 15.9 Å². The van der Waals surface area contributed by atoms with Crippen molar-refractivity contribution in [1.82, 2.24) is 10.0 Å². The molecule has 2 rings (SSSR count). The lowest BCUT2D eigenvalue weighted by Crippen LogP contribution is -2.35. The van der Waals surface area contributed by atoms with Crippen molar-refractivity contribution in [1.29, 1.82) is 0 Å². The Morgan fingerprint density at radius 1 is 1.47 bits per heavy atom. The number of carbonyl (C=O) groups is 1. The van der Waals surface area contributed by atoms with E-state index in [1.54, 1.807) is 13.0 Å². The van der Waals surface area contributed by atoms with Crippen molar-refractivity contribution in [3.05, 3.63) is 14.7 Å². The van der Waals surface area contributed by atoms with Gasteiger partial charge in [0.15, 0.2) is 0 Å². The fourth-order valence-electron chi connectivity index (χ4n) is 1.64. The van der Waals surface area contributed by atoms with Crippen LogP contribution in [0.25, 0.3) is 0 Å². The Hall–Kier alpha value is -0.440. The molecule has 0 bridgehead atoms. The monoisotopic (exact) mass is 366 g/mol. The fourth-order valence-corrected chi connectivity index (χ4v) is 5.08. The van der Waals surface area contributed by atoms with Crippen LogP contribution < -0.4 is 10.0 Å². The van der Waals surface area contributed by atoms with Gasteiger partial charge in [-0.25, -0.2) is 13.1 Å². The first-order chi connectivity index (χ1) is 8.90. The zero-order chi connectivity index (χ0) is 14.0. The lowest BCUT2D eigenvalue weighted by Gasteiger charge is -2.07. The van der Waals surface area contributed by atoms with E-state index in [9.17, 15) is 13.2 Å². The third kappa shape index (κ3) is 4.01. The van der Waals surface area contributed by atoms with E-state index >= 15 is 0 Å². The molecule has 1 aromatic rings. The van der Waals surface area contributed by atoms with Gasteiger partial charge in [0.05, 0.1) is 8.68 Å². The maximum atomic E-state index is 12.0. The van der Waals surface area contributed by atoms with E-state index in [1.165, 1.54) is 11.3 Å². The molecule has 1 aliphatic rings. The lowest BCUT2D eigenvalue weighted by atomic mass is 10.4. The Labute approximate surface area is 125 Å². The second kappa shape index (κ2) is 5.90. The molecule has 1 fully saturated rings. The molecule has 1 heterocycles. The van der Waals surface area contributed by atoms with Crippen LogP contribution >= 0.6 is 27.3 Å². The van der Waals surface area contributed by atoms with E-state index in [0.717, 1.165) is 21.5 Å². The molecule has 8 heteroatoms. The molecule has 19 heavy (non-hydrogen) atoms. The second-order valence-corrected chi connectivity index (χ2v) is 8.80. The second-order valence-electron chi connectivity index (χ2n) is 4.43. The largest absolute Gasteiger partial charge is 0.355 e. The summed E-state index contributed by atoms with van der Waals surface area (Å²) in [6.07, 6.45) is 1.89. The van der Waals surface area contributed by atoms with Gasteiger partial charge in [-0.05, 0) is 41.8 Å². The maximum Gasteiger partial charge on any atom is 0.241 e. The van der Waals surface area contributed by atoms with Crippen molar-refractivity contribution in [2.75, 3.05) is 13.1 Å². The molecule has 5 nitrogen and oxygen atoms in total. The van der Waals surface area contributed by atoms with Gasteiger partial charge < -0.3 is 5.32 Å². The highest BCUT2D eigenvalue weighted by molar-refractivity contribution is 9.11. The molecule has 1 aliphatic carbocycles. The summed E-state index contributed by atoms with van der Waals surface area (Å²) in [5, 5.41) is 2.72.